The summed E-state index contributed by atoms with van der Waals surface area (Å²) in [7, 11) is 2.93. The van der Waals surface area contributed by atoms with Crippen LogP contribution in [0.25, 0.3) is 5.76 Å². The lowest BCUT2D eigenvalue weighted by molar-refractivity contribution is -0.132. The molecule has 0 aromatic heterocycles. The van der Waals surface area contributed by atoms with Gasteiger partial charge in [0.1, 0.15) is 5.76 Å². The molecular formula is C28H26ClNO7. The molecule has 4 rings (SSSR count). The van der Waals surface area contributed by atoms with Gasteiger partial charge in [-0.15, -0.1) is 0 Å². The van der Waals surface area contributed by atoms with Crippen LogP contribution in [0.4, 0.5) is 5.69 Å². The van der Waals surface area contributed by atoms with Crippen molar-refractivity contribution in [3.05, 3.63) is 81.9 Å². The number of ether oxygens (including phenoxy) is 3. The molecule has 1 amide bonds. The minimum Gasteiger partial charge on any atom is -0.507 e. The number of phenols is 1. The van der Waals surface area contributed by atoms with Gasteiger partial charge in [-0.2, -0.15) is 0 Å². The highest BCUT2D eigenvalue weighted by molar-refractivity contribution is 6.51. The SMILES string of the molecule is CCOc1cc(C2/C(=C(\O)c3ccc(OC)c(OC)c3)C(=O)C(=O)N2c2ccc(C)c(Cl)c2)ccc1O. The number of aryl methyl sites for hydroxylation is 1. The van der Waals surface area contributed by atoms with Gasteiger partial charge >= 0.3 is 0 Å². The zero-order valence-electron chi connectivity index (χ0n) is 20.7. The number of rotatable bonds is 7. The molecule has 3 aromatic rings. The molecule has 0 spiro atoms. The van der Waals surface area contributed by atoms with Gasteiger partial charge in [0.25, 0.3) is 11.7 Å². The number of halogens is 1. The third-order valence-corrected chi connectivity index (χ3v) is 6.54. The highest BCUT2D eigenvalue weighted by Gasteiger charge is 2.47. The van der Waals surface area contributed by atoms with Crippen LogP contribution in [0.1, 0.15) is 29.7 Å². The van der Waals surface area contributed by atoms with Crippen molar-refractivity contribution in [3.8, 4) is 23.0 Å². The summed E-state index contributed by atoms with van der Waals surface area (Å²) in [6, 6.07) is 13.2. The van der Waals surface area contributed by atoms with Crippen LogP contribution in [-0.4, -0.2) is 42.7 Å². The molecule has 0 radical (unpaired) electrons. The molecule has 1 unspecified atom stereocenters. The second kappa shape index (κ2) is 10.4. The molecule has 3 aromatic carbocycles. The molecule has 1 saturated heterocycles. The van der Waals surface area contributed by atoms with Gasteiger partial charge in [0, 0.05) is 16.3 Å². The summed E-state index contributed by atoms with van der Waals surface area (Å²) in [5.74, 6) is -1.25. The Balaban J connectivity index is 1.97. The van der Waals surface area contributed by atoms with E-state index in [0.717, 1.165) is 5.56 Å². The van der Waals surface area contributed by atoms with E-state index < -0.39 is 23.5 Å². The first-order valence-corrected chi connectivity index (χ1v) is 11.8. The highest BCUT2D eigenvalue weighted by Crippen LogP contribution is 2.45. The van der Waals surface area contributed by atoms with E-state index in [1.165, 1.54) is 31.3 Å². The number of aromatic hydroxyl groups is 1. The third kappa shape index (κ3) is 4.68. The second-order valence-corrected chi connectivity index (χ2v) is 8.74. The monoisotopic (exact) mass is 523 g/mol. The Bertz CT molecular complexity index is 1420. The Morgan fingerprint density at radius 1 is 0.973 bits per heavy atom. The van der Waals surface area contributed by atoms with Crippen LogP contribution in [0.5, 0.6) is 23.0 Å². The quantitative estimate of drug-likeness (QED) is 0.243. The first-order chi connectivity index (χ1) is 17.7. The van der Waals surface area contributed by atoms with Crippen LogP contribution in [0.3, 0.4) is 0 Å². The Hall–Kier alpha value is -4.17. The number of benzene rings is 3. The van der Waals surface area contributed by atoms with E-state index >= 15 is 0 Å². The van der Waals surface area contributed by atoms with Gasteiger partial charge < -0.3 is 24.4 Å². The summed E-state index contributed by atoms with van der Waals surface area (Å²) in [5.41, 5.74) is 1.74. The normalized spacial score (nSPS) is 16.7. The topological polar surface area (TPSA) is 106 Å². The van der Waals surface area contributed by atoms with Crippen molar-refractivity contribution in [2.24, 2.45) is 0 Å². The van der Waals surface area contributed by atoms with Gasteiger partial charge in [-0.25, -0.2) is 0 Å². The standard InChI is InChI=1S/C28H26ClNO7/c1-5-37-22-12-16(7-10-20(22)31)25-24(26(32)17-8-11-21(35-3)23(13-17)36-4)27(33)28(34)30(25)18-9-6-15(2)19(29)14-18/h6-14,25,31-32H,5H2,1-4H3/b26-24+. The summed E-state index contributed by atoms with van der Waals surface area (Å²) < 4.78 is 16.1. The van der Waals surface area contributed by atoms with Crippen LogP contribution in [-0.2, 0) is 9.59 Å². The zero-order chi connectivity index (χ0) is 26.9. The van der Waals surface area contributed by atoms with E-state index in [2.05, 4.69) is 0 Å². The van der Waals surface area contributed by atoms with E-state index in [-0.39, 0.29) is 29.2 Å². The molecule has 2 N–H and O–H groups in total. The Morgan fingerprint density at radius 2 is 1.70 bits per heavy atom. The van der Waals surface area contributed by atoms with Crippen molar-refractivity contribution in [3.63, 3.8) is 0 Å². The maximum atomic E-state index is 13.4. The summed E-state index contributed by atoms with van der Waals surface area (Å²) in [5, 5.41) is 22.1. The van der Waals surface area contributed by atoms with Crippen molar-refractivity contribution in [2.75, 3.05) is 25.7 Å². The van der Waals surface area contributed by atoms with Gasteiger partial charge in [0.15, 0.2) is 23.0 Å². The van der Waals surface area contributed by atoms with E-state index in [0.29, 0.717) is 27.8 Å². The number of hydrogen-bond donors (Lipinski definition) is 2. The van der Waals surface area contributed by atoms with Crippen LogP contribution in [0.15, 0.2) is 60.2 Å². The molecular weight excluding hydrogens is 498 g/mol. The second-order valence-electron chi connectivity index (χ2n) is 8.33. The number of carbonyl (C=O) groups is 2. The largest absolute Gasteiger partial charge is 0.507 e. The van der Waals surface area contributed by atoms with Crippen molar-refractivity contribution >= 4 is 34.7 Å². The van der Waals surface area contributed by atoms with Crippen LogP contribution >= 0.6 is 11.6 Å². The predicted octanol–water partition coefficient (Wildman–Crippen LogP) is 5.40. The number of aliphatic hydroxyl groups is 1. The molecule has 1 heterocycles. The van der Waals surface area contributed by atoms with Crippen molar-refractivity contribution in [2.45, 2.75) is 19.9 Å². The number of ketones is 1. The number of Topliss-reactive ketones (excluding diaryl/α,β-unsaturated/α-hetero) is 1. The maximum Gasteiger partial charge on any atom is 0.300 e. The molecule has 1 atom stereocenters. The first kappa shape index (κ1) is 25.9. The van der Waals surface area contributed by atoms with E-state index in [9.17, 15) is 19.8 Å². The Labute approximate surface area is 219 Å². The van der Waals surface area contributed by atoms with E-state index in [1.54, 1.807) is 49.4 Å². The van der Waals surface area contributed by atoms with Crippen LogP contribution in [0, 0.1) is 6.92 Å². The zero-order valence-corrected chi connectivity index (χ0v) is 21.5. The number of phenolic OH excluding ortho intramolecular Hbond substituents is 1. The number of hydrogen-bond acceptors (Lipinski definition) is 7. The summed E-state index contributed by atoms with van der Waals surface area (Å²) in [4.78, 5) is 28.1. The smallest absolute Gasteiger partial charge is 0.300 e. The fourth-order valence-corrected chi connectivity index (χ4v) is 4.43. The van der Waals surface area contributed by atoms with Crippen molar-refractivity contribution in [1.29, 1.82) is 0 Å². The fraction of sp³-hybridized carbons (Fsp3) is 0.214. The van der Waals surface area contributed by atoms with E-state index in [1.807, 2.05) is 6.92 Å². The summed E-state index contributed by atoms with van der Waals surface area (Å²) >= 11 is 6.35. The number of methoxy groups -OCH3 is 2. The molecule has 0 aliphatic carbocycles. The minimum atomic E-state index is -1.04. The Morgan fingerprint density at radius 3 is 2.35 bits per heavy atom. The highest BCUT2D eigenvalue weighted by atomic mass is 35.5. The van der Waals surface area contributed by atoms with Gasteiger partial charge in [-0.05, 0) is 67.4 Å². The number of anilines is 1. The third-order valence-electron chi connectivity index (χ3n) is 6.13. The van der Waals surface area contributed by atoms with Gasteiger partial charge in [-0.3, -0.25) is 14.5 Å². The molecule has 8 nitrogen and oxygen atoms in total. The summed E-state index contributed by atoms with van der Waals surface area (Å²) in [6.45, 7) is 3.88. The molecule has 0 bridgehead atoms. The number of amides is 1. The molecule has 192 valence electrons. The number of aliphatic hydroxyl groups excluding tert-OH is 1. The van der Waals surface area contributed by atoms with Gasteiger partial charge in [-0.1, -0.05) is 23.7 Å². The number of nitrogens with zero attached hydrogens (tertiary/aromatic N) is 1. The van der Waals surface area contributed by atoms with Crippen LogP contribution in [0.2, 0.25) is 5.02 Å². The molecule has 0 saturated carbocycles. The average molecular weight is 524 g/mol. The van der Waals surface area contributed by atoms with Crippen molar-refractivity contribution in [1.82, 2.24) is 0 Å². The van der Waals surface area contributed by atoms with Gasteiger partial charge in [0.05, 0.1) is 32.4 Å². The number of carbonyl (C=O) groups excluding carboxylic acids is 2. The first-order valence-electron chi connectivity index (χ1n) is 11.5. The predicted molar refractivity (Wildman–Crippen MR) is 140 cm³/mol. The lowest BCUT2D eigenvalue weighted by atomic mass is 9.94. The van der Waals surface area contributed by atoms with Crippen LogP contribution < -0.4 is 19.1 Å². The van der Waals surface area contributed by atoms with Crippen molar-refractivity contribution < 1.29 is 34.0 Å². The molecule has 1 aliphatic heterocycles. The molecule has 1 fully saturated rings. The Kier molecular flexibility index (Phi) is 7.31. The lowest BCUT2D eigenvalue weighted by Crippen LogP contribution is -2.29. The summed E-state index contributed by atoms with van der Waals surface area (Å²) in [6.07, 6.45) is 0. The maximum absolute atomic E-state index is 13.4. The van der Waals surface area contributed by atoms with E-state index in [4.69, 9.17) is 25.8 Å². The average Bonchev–Trinajstić information content (AvgIpc) is 3.16. The fourth-order valence-electron chi connectivity index (χ4n) is 4.26. The molecule has 9 heteroatoms. The van der Waals surface area contributed by atoms with Gasteiger partial charge in [0.2, 0.25) is 0 Å². The molecule has 1 aliphatic rings. The molecule has 37 heavy (non-hydrogen) atoms. The lowest BCUT2D eigenvalue weighted by Gasteiger charge is -2.26. The minimum absolute atomic E-state index is 0.0965.